The van der Waals surface area contributed by atoms with Crippen molar-refractivity contribution < 1.29 is 9.53 Å². The molecule has 2 aromatic rings. The van der Waals surface area contributed by atoms with E-state index in [9.17, 15) is 9.59 Å². The summed E-state index contributed by atoms with van der Waals surface area (Å²) in [5.41, 5.74) is 1.94. The van der Waals surface area contributed by atoms with Gasteiger partial charge >= 0.3 is 11.7 Å². The molecule has 6 nitrogen and oxygen atoms in total. The van der Waals surface area contributed by atoms with Gasteiger partial charge in [-0.05, 0) is 25.3 Å². The van der Waals surface area contributed by atoms with Gasteiger partial charge in [-0.15, -0.1) is 0 Å². The molecule has 1 aromatic carbocycles. The fraction of sp³-hybridized carbons (Fsp3) is 0.438. The third kappa shape index (κ3) is 2.56. The molecule has 0 fully saturated rings. The lowest BCUT2D eigenvalue weighted by Crippen LogP contribution is -2.35. The molecular formula is C16H19N3O3. The van der Waals surface area contributed by atoms with Gasteiger partial charge in [0, 0.05) is 6.42 Å². The summed E-state index contributed by atoms with van der Waals surface area (Å²) in [5, 5.41) is 4.39. The first-order valence-electron chi connectivity index (χ1n) is 7.41. The van der Waals surface area contributed by atoms with Crippen LogP contribution in [0.2, 0.25) is 0 Å². The van der Waals surface area contributed by atoms with Crippen molar-refractivity contribution in [3.05, 3.63) is 51.7 Å². The van der Waals surface area contributed by atoms with Gasteiger partial charge in [0.05, 0.1) is 13.7 Å². The molecule has 0 N–H and O–H groups in total. The Morgan fingerprint density at radius 2 is 2.09 bits per heavy atom. The molecule has 0 bridgehead atoms. The maximum Gasteiger partial charge on any atom is 0.347 e. The van der Waals surface area contributed by atoms with Crippen LogP contribution in [0, 0.1) is 6.92 Å². The van der Waals surface area contributed by atoms with E-state index in [0.717, 1.165) is 12.0 Å². The first kappa shape index (κ1) is 14.6. The van der Waals surface area contributed by atoms with Gasteiger partial charge in [-0.25, -0.2) is 14.3 Å². The second-order valence-corrected chi connectivity index (χ2v) is 5.64. The molecular weight excluding hydrogens is 282 g/mol. The summed E-state index contributed by atoms with van der Waals surface area (Å²) in [5.74, 6) is 0.289. The Hall–Kier alpha value is -2.37. The fourth-order valence-electron chi connectivity index (χ4n) is 2.86. The fourth-order valence-corrected chi connectivity index (χ4v) is 2.86. The van der Waals surface area contributed by atoms with Crippen LogP contribution in [0.5, 0.6) is 0 Å². The quantitative estimate of drug-likeness (QED) is 0.805. The van der Waals surface area contributed by atoms with Gasteiger partial charge in [0.25, 0.3) is 0 Å². The Labute approximate surface area is 128 Å². The number of methoxy groups -OCH3 is 1. The second-order valence-electron chi connectivity index (χ2n) is 5.64. The molecule has 0 aliphatic carbocycles. The summed E-state index contributed by atoms with van der Waals surface area (Å²) in [6, 6.07) is 7.44. The lowest BCUT2D eigenvalue weighted by molar-refractivity contribution is -0.145. The molecule has 0 radical (unpaired) electrons. The number of aromatic nitrogens is 3. The highest BCUT2D eigenvalue weighted by Gasteiger charge is 2.31. The highest BCUT2D eigenvalue weighted by molar-refractivity contribution is 5.74. The number of ether oxygens (including phenoxy) is 1. The Bertz CT molecular complexity index is 743. The van der Waals surface area contributed by atoms with Crippen molar-refractivity contribution in [1.82, 2.24) is 14.3 Å². The van der Waals surface area contributed by atoms with Crippen molar-refractivity contribution in [2.24, 2.45) is 0 Å². The zero-order chi connectivity index (χ0) is 15.7. The molecule has 1 aliphatic heterocycles. The van der Waals surface area contributed by atoms with Crippen LogP contribution < -0.4 is 5.69 Å². The van der Waals surface area contributed by atoms with E-state index in [1.54, 1.807) is 0 Å². The standard InChI is InChI=1S/C16H19N3O3/c1-11-6-8-12(9-7-11)10-18-16(21)19-13(15(20)22-2)4-3-5-14(19)17-18/h6-9,13H,3-5,10H2,1-2H3. The highest BCUT2D eigenvalue weighted by atomic mass is 16.5. The number of carbonyl (C=O) groups excluding carboxylic acids is 1. The second kappa shape index (κ2) is 5.79. The summed E-state index contributed by atoms with van der Waals surface area (Å²) in [6.45, 7) is 2.43. The molecule has 22 heavy (non-hydrogen) atoms. The molecule has 1 unspecified atom stereocenters. The lowest BCUT2D eigenvalue weighted by Gasteiger charge is -2.20. The third-order valence-corrected chi connectivity index (χ3v) is 4.06. The summed E-state index contributed by atoms with van der Waals surface area (Å²) in [4.78, 5) is 24.4. The number of aryl methyl sites for hydroxylation is 2. The maximum absolute atomic E-state index is 12.6. The molecule has 0 spiro atoms. The van der Waals surface area contributed by atoms with E-state index < -0.39 is 6.04 Å². The highest BCUT2D eigenvalue weighted by Crippen LogP contribution is 2.22. The SMILES string of the molecule is COC(=O)C1CCCc2nn(Cc3ccc(C)cc3)c(=O)n21. The molecule has 1 aromatic heterocycles. The van der Waals surface area contributed by atoms with Gasteiger partial charge in [-0.2, -0.15) is 5.10 Å². The van der Waals surface area contributed by atoms with Gasteiger partial charge in [0.15, 0.2) is 0 Å². The van der Waals surface area contributed by atoms with Crippen LogP contribution in [0.3, 0.4) is 0 Å². The largest absolute Gasteiger partial charge is 0.467 e. The van der Waals surface area contributed by atoms with Gasteiger partial charge < -0.3 is 4.74 Å². The zero-order valence-corrected chi connectivity index (χ0v) is 12.8. The monoisotopic (exact) mass is 301 g/mol. The first-order valence-corrected chi connectivity index (χ1v) is 7.41. The normalized spacial score (nSPS) is 17.1. The zero-order valence-electron chi connectivity index (χ0n) is 12.8. The van der Waals surface area contributed by atoms with E-state index in [1.807, 2.05) is 31.2 Å². The van der Waals surface area contributed by atoms with E-state index in [1.165, 1.54) is 21.9 Å². The molecule has 116 valence electrons. The number of hydrogen-bond donors (Lipinski definition) is 0. The number of nitrogens with zero attached hydrogens (tertiary/aromatic N) is 3. The summed E-state index contributed by atoms with van der Waals surface area (Å²) in [7, 11) is 1.35. The van der Waals surface area contributed by atoms with Crippen LogP contribution in [0.25, 0.3) is 0 Å². The van der Waals surface area contributed by atoms with Crippen molar-refractivity contribution in [1.29, 1.82) is 0 Å². The number of esters is 1. The topological polar surface area (TPSA) is 66.1 Å². The molecule has 0 saturated carbocycles. The van der Waals surface area contributed by atoms with Crippen LogP contribution in [0.1, 0.15) is 35.8 Å². The number of carbonyl (C=O) groups is 1. The molecule has 3 rings (SSSR count). The Balaban J connectivity index is 1.95. The maximum atomic E-state index is 12.6. The summed E-state index contributed by atoms with van der Waals surface area (Å²) >= 11 is 0. The van der Waals surface area contributed by atoms with Crippen molar-refractivity contribution in [2.75, 3.05) is 7.11 Å². The number of fused-ring (bicyclic) bond motifs is 1. The molecule has 1 atom stereocenters. The summed E-state index contributed by atoms with van der Waals surface area (Å²) < 4.78 is 7.73. The summed E-state index contributed by atoms with van der Waals surface area (Å²) in [6.07, 6.45) is 2.17. The Morgan fingerprint density at radius 1 is 1.36 bits per heavy atom. The Kier molecular flexibility index (Phi) is 3.83. The predicted octanol–water partition coefficient (Wildman–Crippen LogP) is 1.45. The minimum Gasteiger partial charge on any atom is -0.467 e. The van der Waals surface area contributed by atoms with Gasteiger partial charge in [-0.3, -0.25) is 4.57 Å². The van der Waals surface area contributed by atoms with Gasteiger partial charge in [0.1, 0.15) is 11.9 Å². The lowest BCUT2D eigenvalue weighted by atomic mass is 10.1. The molecule has 1 aliphatic rings. The van der Waals surface area contributed by atoms with E-state index in [2.05, 4.69) is 5.10 Å². The van der Waals surface area contributed by atoms with Gasteiger partial charge in [-0.1, -0.05) is 29.8 Å². The van der Waals surface area contributed by atoms with Crippen molar-refractivity contribution in [3.63, 3.8) is 0 Å². The number of benzene rings is 1. The van der Waals surface area contributed by atoms with E-state index in [-0.39, 0.29) is 11.7 Å². The van der Waals surface area contributed by atoms with Crippen molar-refractivity contribution >= 4 is 5.97 Å². The van der Waals surface area contributed by atoms with Gasteiger partial charge in [0.2, 0.25) is 0 Å². The van der Waals surface area contributed by atoms with Crippen molar-refractivity contribution in [3.8, 4) is 0 Å². The van der Waals surface area contributed by atoms with E-state index in [0.29, 0.717) is 25.2 Å². The minimum absolute atomic E-state index is 0.245. The molecule has 0 amide bonds. The van der Waals surface area contributed by atoms with Crippen LogP contribution in [0.4, 0.5) is 0 Å². The smallest absolute Gasteiger partial charge is 0.347 e. The van der Waals surface area contributed by atoms with Crippen LogP contribution in [-0.2, 0) is 22.5 Å². The third-order valence-electron chi connectivity index (χ3n) is 4.06. The average Bonchev–Trinajstić information content (AvgIpc) is 2.85. The molecule has 2 heterocycles. The average molecular weight is 301 g/mol. The van der Waals surface area contributed by atoms with E-state index in [4.69, 9.17) is 4.74 Å². The number of hydrogen-bond acceptors (Lipinski definition) is 4. The van der Waals surface area contributed by atoms with Crippen molar-refractivity contribution in [2.45, 2.75) is 38.8 Å². The minimum atomic E-state index is -0.548. The predicted molar refractivity (Wildman–Crippen MR) is 80.8 cm³/mol. The molecule has 0 saturated heterocycles. The van der Waals surface area contributed by atoms with Crippen LogP contribution in [-0.4, -0.2) is 27.4 Å². The first-order chi connectivity index (χ1) is 10.6. The Morgan fingerprint density at radius 3 is 2.77 bits per heavy atom. The van der Waals surface area contributed by atoms with Crippen LogP contribution >= 0.6 is 0 Å². The van der Waals surface area contributed by atoms with E-state index >= 15 is 0 Å². The van der Waals surface area contributed by atoms with Crippen LogP contribution in [0.15, 0.2) is 29.1 Å². The molecule has 6 heteroatoms. The number of rotatable bonds is 3.